The van der Waals surface area contributed by atoms with Crippen LogP contribution in [-0.4, -0.2) is 9.97 Å². The zero-order chi connectivity index (χ0) is 16.6. The van der Waals surface area contributed by atoms with Crippen molar-refractivity contribution in [3.63, 3.8) is 0 Å². The fourth-order valence-corrected chi connectivity index (χ4v) is 2.76. The molecule has 3 N–H and O–H groups in total. The first-order valence-corrected chi connectivity index (χ1v) is 7.50. The van der Waals surface area contributed by atoms with Crippen LogP contribution in [0.3, 0.4) is 0 Å². The molecule has 0 fully saturated rings. The van der Waals surface area contributed by atoms with E-state index >= 15 is 0 Å². The van der Waals surface area contributed by atoms with Crippen LogP contribution in [0.15, 0.2) is 40.1 Å². The van der Waals surface area contributed by atoms with Crippen molar-refractivity contribution in [2.75, 3.05) is 5.32 Å². The lowest BCUT2D eigenvalue weighted by Crippen LogP contribution is -2.19. The Bertz CT molecular complexity index is 999. The normalized spacial score (nSPS) is 10.9. The molecular weight excluding hydrogens is 290 g/mol. The van der Waals surface area contributed by atoms with E-state index < -0.39 is 0 Å². The van der Waals surface area contributed by atoms with Gasteiger partial charge in [0, 0.05) is 29.2 Å². The molecular formula is C18H19N3O2. The van der Waals surface area contributed by atoms with E-state index in [0.717, 1.165) is 27.6 Å². The molecule has 0 radical (unpaired) electrons. The minimum atomic E-state index is -0.195. The van der Waals surface area contributed by atoms with Gasteiger partial charge in [0.25, 0.3) is 11.1 Å². The summed E-state index contributed by atoms with van der Waals surface area (Å²) < 4.78 is 0. The van der Waals surface area contributed by atoms with Crippen LogP contribution in [0.2, 0.25) is 0 Å². The Morgan fingerprint density at radius 2 is 1.74 bits per heavy atom. The van der Waals surface area contributed by atoms with Gasteiger partial charge in [-0.1, -0.05) is 6.07 Å². The van der Waals surface area contributed by atoms with Crippen LogP contribution in [0.25, 0.3) is 10.9 Å². The molecule has 0 unspecified atom stereocenters. The summed E-state index contributed by atoms with van der Waals surface area (Å²) in [6.07, 6.45) is 1.65. The molecule has 3 rings (SSSR count). The molecule has 118 valence electrons. The highest BCUT2D eigenvalue weighted by atomic mass is 16.1. The summed E-state index contributed by atoms with van der Waals surface area (Å²) in [4.78, 5) is 29.6. The first-order chi connectivity index (χ1) is 10.9. The fraction of sp³-hybridized carbons (Fsp3) is 0.222. The second-order valence-corrected chi connectivity index (χ2v) is 5.94. The maximum atomic E-state index is 12.2. The van der Waals surface area contributed by atoms with Gasteiger partial charge in [-0.2, -0.15) is 0 Å². The van der Waals surface area contributed by atoms with Crippen LogP contribution in [0.4, 0.5) is 5.69 Å². The number of hydrogen-bond donors (Lipinski definition) is 3. The van der Waals surface area contributed by atoms with E-state index in [0.29, 0.717) is 17.8 Å². The highest BCUT2D eigenvalue weighted by Crippen LogP contribution is 2.18. The number of fused-ring (bicyclic) bond motifs is 1. The third-order valence-corrected chi connectivity index (χ3v) is 3.91. The third kappa shape index (κ3) is 3.04. The van der Waals surface area contributed by atoms with Crippen LogP contribution in [0.5, 0.6) is 0 Å². The van der Waals surface area contributed by atoms with E-state index in [4.69, 9.17) is 0 Å². The molecule has 0 saturated heterocycles. The first-order valence-electron chi connectivity index (χ1n) is 7.50. The van der Waals surface area contributed by atoms with Crippen molar-refractivity contribution in [1.82, 2.24) is 9.97 Å². The largest absolute Gasteiger partial charge is 0.376 e. The van der Waals surface area contributed by atoms with Crippen LogP contribution in [0, 0.1) is 20.8 Å². The summed E-state index contributed by atoms with van der Waals surface area (Å²) in [5, 5.41) is 4.06. The molecule has 1 aromatic carbocycles. The van der Waals surface area contributed by atoms with Gasteiger partial charge in [-0.25, -0.2) is 0 Å². The SMILES string of the molecule is Cc1c[nH]c(=O)c(NCc2cc3c(C)cc(C)cc3[nH]c2=O)c1. The number of rotatable bonds is 3. The van der Waals surface area contributed by atoms with Gasteiger partial charge in [0.2, 0.25) is 0 Å². The number of nitrogens with one attached hydrogen (secondary N) is 3. The molecule has 0 aliphatic heterocycles. The third-order valence-electron chi connectivity index (χ3n) is 3.91. The van der Waals surface area contributed by atoms with Crippen LogP contribution in [0.1, 0.15) is 22.3 Å². The Morgan fingerprint density at radius 1 is 0.957 bits per heavy atom. The standard InChI is InChI=1S/C18H19N3O2/c1-10-4-12(3)14-7-13(17(22)21-15(14)5-10)9-19-16-6-11(2)8-20-18(16)23/h4-8,19H,9H2,1-3H3,(H,20,23)(H,21,22). The monoisotopic (exact) mass is 309 g/mol. The smallest absolute Gasteiger partial charge is 0.271 e. The quantitative estimate of drug-likeness (QED) is 0.696. The van der Waals surface area contributed by atoms with Gasteiger partial charge < -0.3 is 15.3 Å². The molecule has 3 aromatic rings. The van der Waals surface area contributed by atoms with E-state index in [9.17, 15) is 9.59 Å². The van der Waals surface area contributed by atoms with E-state index in [1.54, 1.807) is 12.3 Å². The average molecular weight is 309 g/mol. The van der Waals surface area contributed by atoms with Gasteiger partial charge in [-0.15, -0.1) is 0 Å². The Hall–Kier alpha value is -2.82. The Labute approximate surface area is 133 Å². The van der Waals surface area contributed by atoms with Crippen molar-refractivity contribution >= 4 is 16.6 Å². The number of pyridine rings is 2. The molecule has 5 nitrogen and oxygen atoms in total. The summed E-state index contributed by atoms with van der Waals surface area (Å²) in [6, 6.07) is 7.71. The Morgan fingerprint density at radius 3 is 2.52 bits per heavy atom. The second-order valence-electron chi connectivity index (χ2n) is 5.94. The number of aromatic amines is 2. The molecule has 0 bridgehead atoms. The van der Waals surface area contributed by atoms with Crippen LogP contribution in [-0.2, 0) is 6.54 Å². The number of hydrogen-bond acceptors (Lipinski definition) is 3. The van der Waals surface area contributed by atoms with E-state index in [1.807, 2.05) is 32.9 Å². The van der Waals surface area contributed by atoms with E-state index in [1.165, 1.54) is 0 Å². The molecule has 0 atom stereocenters. The number of benzene rings is 1. The summed E-state index contributed by atoms with van der Waals surface area (Å²) >= 11 is 0. The molecule has 5 heteroatoms. The van der Waals surface area contributed by atoms with Gasteiger partial charge >= 0.3 is 0 Å². The zero-order valence-corrected chi connectivity index (χ0v) is 13.4. The van der Waals surface area contributed by atoms with Crippen LogP contribution < -0.4 is 16.4 Å². The minimum absolute atomic E-state index is 0.140. The van der Waals surface area contributed by atoms with E-state index in [2.05, 4.69) is 21.4 Å². The van der Waals surface area contributed by atoms with Gasteiger partial charge in [0.05, 0.1) is 0 Å². The predicted octanol–water partition coefficient (Wildman–Crippen LogP) is 2.75. The summed E-state index contributed by atoms with van der Waals surface area (Å²) in [6.45, 7) is 6.22. The summed E-state index contributed by atoms with van der Waals surface area (Å²) in [5.41, 5.74) is 4.75. The first kappa shape index (κ1) is 15.1. The van der Waals surface area contributed by atoms with Crippen molar-refractivity contribution in [3.8, 4) is 0 Å². The fourth-order valence-electron chi connectivity index (χ4n) is 2.76. The van der Waals surface area contributed by atoms with Gasteiger partial charge in [0.1, 0.15) is 5.69 Å². The van der Waals surface area contributed by atoms with Crippen molar-refractivity contribution < 1.29 is 0 Å². The van der Waals surface area contributed by atoms with Gasteiger partial charge in [-0.3, -0.25) is 9.59 Å². The van der Waals surface area contributed by atoms with Gasteiger partial charge in [0.15, 0.2) is 0 Å². The highest BCUT2D eigenvalue weighted by molar-refractivity contribution is 5.83. The second kappa shape index (κ2) is 5.76. The zero-order valence-electron chi connectivity index (χ0n) is 13.4. The molecule has 0 saturated carbocycles. The lowest BCUT2D eigenvalue weighted by Gasteiger charge is -2.09. The lowest BCUT2D eigenvalue weighted by molar-refractivity contribution is 1.07. The molecule has 23 heavy (non-hydrogen) atoms. The van der Waals surface area contributed by atoms with Crippen molar-refractivity contribution in [3.05, 3.63) is 73.4 Å². The Kier molecular flexibility index (Phi) is 3.78. The molecule has 2 aromatic heterocycles. The maximum absolute atomic E-state index is 12.2. The maximum Gasteiger partial charge on any atom is 0.271 e. The van der Waals surface area contributed by atoms with Crippen molar-refractivity contribution in [1.29, 1.82) is 0 Å². The number of aryl methyl sites for hydroxylation is 3. The topological polar surface area (TPSA) is 77.8 Å². The highest BCUT2D eigenvalue weighted by Gasteiger charge is 2.07. The predicted molar refractivity (Wildman–Crippen MR) is 93.2 cm³/mol. The van der Waals surface area contributed by atoms with Gasteiger partial charge in [-0.05, 0) is 55.7 Å². The van der Waals surface area contributed by atoms with Crippen molar-refractivity contribution in [2.45, 2.75) is 27.3 Å². The molecule has 0 amide bonds. The summed E-state index contributed by atoms with van der Waals surface area (Å²) in [5.74, 6) is 0. The molecule has 0 aliphatic carbocycles. The van der Waals surface area contributed by atoms with E-state index in [-0.39, 0.29) is 11.1 Å². The Balaban J connectivity index is 1.97. The number of aromatic nitrogens is 2. The number of H-pyrrole nitrogens is 2. The van der Waals surface area contributed by atoms with Crippen molar-refractivity contribution in [2.24, 2.45) is 0 Å². The lowest BCUT2D eigenvalue weighted by atomic mass is 10.0. The molecule has 0 spiro atoms. The van der Waals surface area contributed by atoms with Crippen LogP contribution >= 0.6 is 0 Å². The number of anilines is 1. The molecule has 2 heterocycles. The average Bonchev–Trinajstić information content (AvgIpc) is 2.48. The minimum Gasteiger partial charge on any atom is -0.376 e. The molecule has 0 aliphatic rings. The summed E-state index contributed by atoms with van der Waals surface area (Å²) in [7, 11) is 0.